The second-order valence-electron chi connectivity index (χ2n) is 4.18. The van der Waals surface area contributed by atoms with Gasteiger partial charge in [0.25, 0.3) is 0 Å². The molecular formula is C14H10F5NO. The molecule has 21 heavy (non-hydrogen) atoms. The molecule has 0 aliphatic carbocycles. The number of hydrogen-bond acceptors (Lipinski definition) is 2. The SMILES string of the molecule is Fc1ccc(CNc2cccc(OC(F)(F)F)c2)cc1F. The molecule has 0 unspecified atom stereocenters. The van der Waals surface area contributed by atoms with Crippen molar-refractivity contribution < 1.29 is 26.7 Å². The summed E-state index contributed by atoms with van der Waals surface area (Å²) in [5.41, 5.74) is 0.817. The lowest BCUT2D eigenvalue weighted by atomic mass is 10.2. The van der Waals surface area contributed by atoms with Crippen LogP contribution in [0.25, 0.3) is 0 Å². The zero-order valence-electron chi connectivity index (χ0n) is 10.5. The Hall–Kier alpha value is -2.31. The number of benzene rings is 2. The Bertz CT molecular complexity index is 627. The first kappa shape index (κ1) is 15.1. The molecule has 2 rings (SSSR count). The molecule has 2 nitrogen and oxygen atoms in total. The van der Waals surface area contributed by atoms with Crippen LogP contribution in [0.3, 0.4) is 0 Å². The van der Waals surface area contributed by atoms with Crippen LogP contribution < -0.4 is 10.1 Å². The van der Waals surface area contributed by atoms with Crippen molar-refractivity contribution in [2.75, 3.05) is 5.32 Å². The minimum absolute atomic E-state index is 0.132. The zero-order chi connectivity index (χ0) is 15.5. The van der Waals surface area contributed by atoms with Crippen molar-refractivity contribution in [1.29, 1.82) is 0 Å². The van der Waals surface area contributed by atoms with E-state index in [1.165, 1.54) is 18.2 Å². The molecule has 0 fully saturated rings. The van der Waals surface area contributed by atoms with Crippen LogP contribution in [-0.4, -0.2) is 6.36 Å². The fourth-order valence-electron chi connectivity index (χ4n) is 1.66. The van der Waals surface area contributed by atoms with Gasteiger partial charge in [0, 0.05) is 18.3 Å². The van der Waals surface area contributed by atoms with Crippen LogP contribution in [0.5, 0.6) is 5.75 Å². The smallest absolute Gasteiger partial charge is 0.406 e. The molecule has 112 valence electrons. The first-order valence-electron chi connectivity index (χ1n) is 5.87. The molecule has 7 heteroatoms. The highest BCUT2D eigenvalue weighted by Gasteiger charge is 2.31. The van der Waals surface area contributed by atoms with Gasteiger partial charge < -0.3 is 10.1 Å². The third-order valence-electron chi connectivity index (χ3n) is 2.55. The van der Waals surface area contributed by atoms with Gasteiger partial charge in [0.2, 0.25) is 0 Å². The quantitative estimate of drug-likeness (QED) is 0.841. The van der Waals surface area contributed by atoms with Crippen LogP contribution in [-0.2, 0) is 6.54 Å². The summed E-state index contributed by atoms with van der Waals surface area (Å²) in [5, 5.41) is 2.80. The number of ether oxygens (including phenoxy) is 1. The number of anilines is 1. The molecule has 0 saturated heterocycles. The maximum atomic E-state index is 13.0. The van der Waals surface area contributed by atoms with Crippen LogP contribution in [0.1, 0.15) is 5.56 Å². The molecule has 0 amide bonds. The summed E-state index contributed by atoms with van der Waals surface area (Å²) in [7, 11) is 0. The van der Waals surface area contributed by atoms with Gasteiger partial charge in [-0.05, 0) is 29.8 Å². The van der Waals surface area contributed by atoms with Gasteiger partial charge in [-0.25, -0.2) is 8.78 Å². The highest BCUT2D eigenvalue weighted by molar-refractivity contribution is 5.48. The molecule has 0 saturated carbocycles. The van der Waals surface area contributed by atoms with E-state index in [-0.39, 0.29) is 12.3 Å². The Kier molecular flexibility index (Phi) is 4.30. The van der Waals surface area contributed by atoms with Crippen molar-refractivity contribution in [3.05, 3.63) is 59.7 Å². The second kappa shape index (κ2) is 5.99. The third-order valence-corrected chi connectivity index (χ3v) is 2.55. The second-order valence-corrected chi connectivity index (χ2v) is 4.18. The van der Waals surface area contributed by atoms with Gasteiger partial charge in [-0.3, -0.25) is 0 Å². The van der Waals surface area contributed by atoms with Gasteiger partial charge in [-0.15, -0.1) is 13.2 Å². The topological polar surface area (TPSA) is 21.3 Å². The third kappa shape index (κ3) is 4.62. The molecule has 2 aromatic rings. The molecule has 1 N–H and O–H groups in total. The van der Waals surface area contributed by atoms with Gasteiger partial charge in [0.05, 0.1) is 0 Å². The average molecular weight is 303 g/mol. The van der Waals surface area contributed by atoms with Crippen molar-refractivity contribution in [1.82, 2.24) is 0 Å². The summed E-state index contributed by atoms with van der Waals surface area (Å²) in [5.74, 6) is -2.31. The molecule has 0 bridgehead atoms. The molecule has 0 heterocycles. The van der Waals surface area contributed by atoms with E-state index in [9.17, 15) is 22.0 Å². The van der Waals surface area contributed by atoms with Gasteiger partial charge in [0.1, 0.15) is 5.75 Å². The molecule has 0 aromatic heterocycles. The van der Waals surface area contributed by atoms with Crippen LogP contribution >= 0.6 is 0 Å². The summed E-state index contributed by atoms with van der Waals surface area (Å²) in [6.45, 7) is 0.132. The summed E-state index contributed by atoms with van der Waals surface area (Å²) in [6.07, 6.45) is -4.77. The Morgan fingerprint density at radius 2 is 1.71 bits per heavy atom. The molecule has 2 aromatic carbocycles. The Morgan fingerprint density at radius 1 is 0.952 bits per heavy atom. The van der Waals surface area contributed by atoms with Crippen molar-refractivity contribution in [3.63, 3.8) is 0 Å². The van der Waals surface area contributed by atoms with E-state index in [0.717, 1.165) is 24.3 Å². The van der Waals surface area contributed by atoms with Crippen LogP contribution in [0.2, 0.25) is 0 Å². The van der Waals surface area contributed by atoms with Crippen molar-refractivity contribution >= 4 is 5.69 Å². The highest BCUT2D eigenvalue weighted by atomic mass is 19.4. The lowest BCUT2D eigenvalue weighted by molar-refractivity contribution is -0.274. The maximum absolute atomic E-state index is 13.0. The van der Waals surface area contributed by atoms with Gasteiger partial charge in [-0.2, -0.15) is 0 Å². The number of nitrogens with one attached hydrogen (secondary N) is 1. The number of alkyl halides is 3. The predicted molar refractivity (Wildman–Crippen MR) is 66.8 cm³/mol. The highest BCUT2D eigenvalue weighted by Crippen LogP contribution is 2.25. The fourth-order valence-corrected chi connectivity index (χ4v) is 1.66. The van der Waals surface area contributed by atoms with Gasteiger partial charge in [0.15, 0.2) is 11.6 Å². The Labute approximate surface area is 117 Å². The molecule has 0 aliphatic heterocycles. The van der Waals surface area contributed by atoms with E-state index in [1.54, 1.807) is 0 Å². The van der Waals surface area contributed by atoms with Crippen LogP contribution in [0, 0.1) is 11.6 Å². The minimum atomic E-state index is -4.77. The Morgan fingerprint density at radius 3 is 2.38 bits per heavy atom. The summed E-state index contributed by atoms with van der Waals surface area (Å²) in [6, 6.07) is 8.61. The summed E-state index contributed by atoms with van der Waals surface area (Å²) < 4.78 is 65.8. The largest absolute Gasteiger partial charge is 0.573 e. The maximum Gasteiger partial charge on any atom is 0.573 e. The molecule has 0 spiro atoms. The van der Waals surface area contributed by atoms with E-state index in [4.69, 9.17) is 0 Å². The first-order valence-corrected chi connectivity index (χ1v) is 5.87. The van der Waals surface area contributed by atoms with Crippen molar-refractivity contribution in [2.24, 2.45) is 0 Å². The fraction of sp³-hybridized carbons (Fsp3) is 0.143. The van der Waals surface area contributed by atoms with Crippen molar-refractivity contribution in [2.45, 2.75) is 12.9 Å². The number of hydrogen-bond donors (Lipinski definition) is 1. The van der Waals surface area contributed by atoms with Gasteiger partial charge >= 0.3 is 6.36 Å². The first-order chi connectivity index (χ1) is 9.83. The molecular weight excluding hydrogens is 293 g/mol. The lowest BCUT2D eigenvalue weighted by Crippen LogP contribution is -2.17. The van der Waals surface area contributed by atoms with E-state index in [0.29, 0.717) is 11.3 Å². The zero-order valence-corrected chi connectivity index (χ0v) is 10.5. The number of rotatable bonds is 4. The lowest BCUT2D eigenvalue weighted by Gasteiger charge is -2.11. The van der Waals surface area contributed by atoms with E-state index >= 15 is 0 Å². The molecule has 0 atom stereocenters. The normalized spacial score (nSPS) is 11.3. The summed E-state index contributed by atoms with van der Waals surface area (Å²) in [4.78, 5) is 0. The van der Waals surface area contributed by atoms with Crippen LogP contribution in [0.15, 0.2) is 42.5 Å². The monoisotopic (exact) mass is 303 g/mol. The standard InChI is InChI=1S/C14H10F5NO/c15-12-5-4-9(6-13(12)16)8-20-10-2-1-3-11(7-10)21-14(17,18)19/h1-7,20H,8H2. The minimum Gasteiger partial charge on any atom is -0.406 e. The van der Waals surface area contributed by atoms with Gasteiger partial charge in [-0.1, -0.05) is 12.1 Å². The van der Waals surface area contributed by atoms with Crippen molar-refractivity contribution in [3.8, 4) is 5.75 Å². The van der Waals surface area contributed by atoms with Crippen LogP contribution in [0.4, 0.5) is 27.6 Å². The summed E-state index contributed by atoms with van der Waals surface area (Å²) >= 11 is 0. The predicted octanol–water partition coefficient (Wildman–Crippen LogP) is 4.48. The molecule has 0 radical (unpaired) electrons. The van der Waals surface area contributed by atoms with E-state index < -0.39 is 18.0 Å². The average Bonchev–Trinajstić information content (AvgIpc) is 2.39. The molecule has 0 aliphatic rings. The Balaban J connectivity index is 2.03. The van der Waals surface area contributed by atoms with E-state index in [2.05, 4.69) is 10.1 Å². The van der Waals surface area contributed by atoms with E-state index in [1.807, 2.05) is 0 Å². The number of halogens is 5.